The summed E-state index contributed by atoms with van der Waals surface area (Å²) in [6.07, 6.45) is 1.97. The van der Waals surface area contributed by atoms with Crippen molar-refractivity contribution in [1.29, 1.82) is 0 Å². The second-order valence-corrected chi connectivity index (χ2v) is 7.81. The molecule has 1 N–H and O–H groups in total. The lowest BCUT2D eigenvalue weighted by Crippen LogP contribution is -2.31. The summed E-state index contributed by atoms with van der Waals surface area (Å²) in [5.41, 5.74) is 4.70. The maximum absolute atomic E-state index is 12.7. The minimum absolute atomic E-state index is 0.178. The highest BCUT2D eigenvalue weighted by atomic mass is 16.5. The van der Waals surface area contributed by atoms with Crippen LogP contribution < -0.4 is 4.74 Å². The standard InChI is InChI=1S/C24H29NO4/c1-5-25(23(26)17-7-8-17)14-19-12-15(2)6-10-20(19)21-13-18(16(3)24(27)28)9-11-22(21)29-4/h6,9-13,16-17H,5,7-8,14H2,1-4H3,(H,27,28)/t16-/m0/s1. The molecule has 29 heavy (non-hydrogen) atoms. The molecular formula is C24H29NO4. The number of aliphatic carboxylic acids is 1. The van der Waals surface area contributed by atoms with Gasteiger partial charge in [-0.05, 0) is 62.4 Å². The van der Waals surface area contributed by atoms with Crippen LogP contribution in [0.15, 0.2) is 36.4 Å². The van der Waals surface area contributed by atoms with E-state index in [1.54, 1.807) is 20.1 Å². The largest absolute Gasteiger partial charge is 0.496 e. The van der Waals surface area contributed by atoms with Crippen LogP contribution in [-0.4, -0.2) is 35.5 Å². The molecule has 2 aromatic carbocycles. The van der Waals surface area contributed by atoms with Gasteiger partial charge in [0.1, 0.15) is 5.75 Å². The second-order valence-electron chi connectivity index (χ2n) is 7.81. The van der Waals surface area contributed by atoms with Crippen LogP contribution >= 0.6 is 0 Å². The fourth-order valence-corrected chi connectivity index (χ4v) is 3.60. The average Bonchev–Trinajstić information content (AvgIpc) is 3.56. The van der Waals surface area contributed by atoms with Gasteiger partial charge < -0.3 is 14.7 Å². The Labute approximate surface area is 172 Å². The van der Waals surface area contributed by atoms with E-state index < -0.39 is 11.9 Å². The zero-order valence-corrected chi connectivity index (χ0v) is 17.6. The van der Waals surface area contributed by atoms with E-state index in [1.165, 1.54) is 0 Å². The molecule has 1 saturated carbocycles. The fraction of sp³-hybridized carbons (Fsp3) is 0.417. The molecule has 0 bridgehead atoms. The van der Waals surface area contributed by atoms with Gasteiger partial charge in [-0.3, -0.25) is 9.59 Å². The van der Waals surface area contributed by atoms with Crippen molar-refractivity contribution in [2.75, 3.05) is 13.7 Å². The van der Waals surface area contributed by atoms with Gasteiger partial charge in [-0.1, -0.05) is 29.8 Å². The van der Waals surface area contributed by atoms with Crippen molar-refractivity contribution in [3.63, 3.8) is 0 Å². The van der Waals surface area contributed by atoms with Crippen LogP contribution in [0, 0.1) is 12.8 Å². The maximum Gasteiger partial charge on any atom is 0.310 e. The van der Waals surface area contributed by atoms with E-state index in [9.17, 15) is 14.7 Å². The first-order valence-electron chi connectivity index (χ1n) is 10.1. The average molecular weight is 395 g/mol. The highest BCUT2D eigenvalue weighted by Gasteiger charge is 2.33. The Hall–Kier alpha value is -2.82. The molecule has 5 nitrogen and oxygen atoms in total. The Kier molecular flexibility index (Phi) is 6.26. The van der Waals surface area contributed by atoms with E-state index in [2.05, 4.69) is 6.07 Å². The molecule has 0 unspecified atom stereocenters. The summed E-state index contributed by atoms with van der Waals surface area (Å²) < 4.78 is 5.58. The molecule has 0 saturated heterocycles. The third kappa shape index (κ3) is 4.61. The van der Waals surface area contributed by atoms with Gasteiger partial charge in [0.15, 0.2) is 0 Å². The fourth-order valence-electron chi connectivity index (χ4n) is 3.60. The summed E-state index contributed by atoms with van der Waals surface area (Å²) in [6, 6.07) is 11.7. The Balaban J connectivity index is 2.05. The van der Waals surface area contributed by atoms with Gasteiger partial charge in [-0.25, -0.2) is 0 Å². The predicted octanol–water partition coefficient (Wildman–Crippen LogP) is 4.62. The predicted molar refractivity (Wildman–Crippen MR) is 113 cm³/mol. The first-order chi connectivity index (χ1) is 13.8. The minimum atomic E-state index is -0.863. The van der Waals surface area contributed by atoms with Crippen molar-refractivity contribution in [3.05, 3.63) is 53.1 Å². The molecule has 0 spiro atoms. The monoisotopic (exact) mass is 395 g/mol. The molecule has 1 aliphatic carbocycles. The summed E-state index contributed by atoms with van der Waals surface area (Å²) in [5.74, 6) is -0.389. The molecule has 1 fully saturated rings. The summed E-state index contributed by atoms with van der Waals surface area (Å²) in [5, 5.41) is 9.41. The van der Waals surface area contributed by atoms with E-state index in [-0.39, 0.29) is 11.8 Å². The van der Waals surface area contributed by atoms with Crippen LogP contribution in [0.2, 0.25) is 0 Å². The normalized spacial score (nSPS) is 14.3. The number of amides is 1. The quantitative estimate of drug-likeness (QED) is 0.708. The molecule has 0 aromatic heterocycles. The third-order valence-corrected chi connectivity index (χ3v) is 5.63. The van der Waals surface area contributed by atoms with Crippen LogP contribution in [0.3, 0.4) is 0 Å². The smallest absolute Gasteiger partial charge is 0.310 e. The molecule has 1 amide bonds. The summed E-state index contributed by atoms with van der Waals surface area (Å²) in [4.78, 5) is 26.0. The molecule has 2 aromatic rings. The van der Waals surface area contributed by atoms with E-state index >= 15 is 0 Å². The molecule has 0 heterocycles. The van der Waals surface area contributed by atoms with Gasteiger partial charge in [-0.15, -0.1) is 0 Å². The van der Waals surface area contributed by atoms with Crippen LogP contribution in [0.4, 0.5) is 0 Å². The SMILES string of the molecule is CCN(Cc1cc(C)ccc1-c1cc([C@H](C)C(=O)O)ccc1OC)C(=O)C1CC1. The number of carbonyl (C=O) groups is 2. The lowest BCUT2D eigenvalue weighted by molar-refractivity contribution is -0.138. The zero-order valence-electron chi connectivity index (χ0n) is 17.6. The number of aryl methyl sites for hydroxylation is 1. The van der Waals surface area contributed by atoms with Gasteiger partial charge in [-0.2, -0.15) is 0 Å². The minimum Gasteiger partial charge on any atom is -0.496 e. The topological polar surface area (TPSA) is 66.8 Å². The van der Waals surface area contributed by atoms with Crippen molar-refractivity contribution >= 4 is 11.9 Å². The Morgan fingerprint density at radius 3 is 2.48 bits per heavy atom. The van der Waals surface area contributed by atoms with Crippen molar-refractivity contribution in [2.45, 2.75) is 46.1 Å². The first kappa shape index (κ1) is 20.9. The van der Waals surface area contributed by atoms with Crippen LogP contribution in [0.5, 0.6) is 5.75 Å². The summed E-state index contributed by atoms with van der Waals surface area (Å²) in [7, 11) is 1.61. The molecule has 1 atom stereocenters. The molecule has 5 heteroatoms. The van der Waals surface area contributed by atoms with Crippen molar-refractivity contribution < 1.29 is 19.4 Å². The van der Waals surface area contributed by atoms with Gasteiger partial charge in [0.25, 0.3) is 0 Å². The Morgan fingerprint density at radius 1 is 1.17 bits per heavy atom. The lowest BCUT2D eigenvalue weighted by atomic mass is 9.92. The summed E-state index contributed by atoms with van der Waals surface area (Å²) >= 11 is 0. The van der Waals surface area contributed by atoms with Gasteiger partial charge >= 0.3 is 5.97 Å². The van der Waals surface area contributed by atoms with Gasteiger partial charge in [0, 0.05) is 24.6 Å². The molecular weight excluding hydrogens is 366 g/mol. The summed E-state index contributed by atoms with van der Waals surface area (Å²) in [6.45, 7) is 6.91. The van der Waals surface area contributed by atoms with E-state index in [0.717, 1.165) is 40.7 Å². The molecule has 154 valence electrons. The van der Waals surface area contributed by atoms with Crippen LogP contribution in [0.25, 0.3) is 11.1 Å². The number of ether oxygens (including phenoxy) is 1. The highest BCUT2D eigenvalue weighted by molar-refractivity contribution is 5.82. The zero-order chi connectivity index (χ0) is 21.1. The lowest BCUT2D eigenvalue weighted by Gasteiger charge is -2.24. The first-order valence-corrected chi connectivity index (χ1v) is 10.1. The number of hydrogen-bond acceptors (Lipinski definition) is 3. The van der Waals surface area contributed by atoms with E-state index in [4.69, 9.17) is 4.74 Å². The van der Waals surface area contributed by atoms with Crippen molar-refractivity contribution in [3.8, 4) is 16.9 Å². The number of methoxy groups -OCH3 is 1. The third-order valence-electron chi connectivity index (χ3n) is 5.63. The molecule has 0 aliphatic heterocycles. The van der Waals surface area contributed by atoms with E-state index in [0.29, 0.717) is 18.8 Å². The van der Waals surface area contributed by atoms with Crippen LogP contribution in [0.1, 0.15) is 49.3 Å². The van der Waals surface area contributed by atoms with E-state index in [1.807, 2.05) is 43.0 Å². The number of benzene rings is 2. The number of carbonyl (C=O) groups excluding carboxylic acids is 1. The second kappa shape index (κ2) is 8.68. The number of carboxylic acid groups (broad SMARTS) is 1. The number of carboxylic acids is 1. The van der Waals surface area contributed by atoms with Crippen LogP contribution in [-0.2, 0) is 16.1 Å². The van der Waals surface area contributed by atoms with Crippen molar-refractivity contribution in [2.24, 2.45) is 5.92 Å². The number of rotatable bonds is 8. The molecule has 1 aliphatic rings. The Morgan fingerprint density at radius 2 is 1.90 bits per heavy atom. The van der Waals surface area contributed by atoms with Gasteiger partial charge in [0.2, 0.25) is 5.91 Å². The maximum atomic E-state index is 12.7. The molecule has 0 radical (unpaired) electrons. The van der Waals surface area contributed by atoms with Crippen molar-refractivity contribution in [1.82, 2.24) is 4.90 Å². The molecule has 3 rings (SSSR count). The Bertz CT molecular complexity index is 917. The number of hydrogen-bond donors (Lipinski definition) is 1. The number of nitrogens with zero attached hydrogens (tertiary/aromatic N) is 1. The highest BCUT2D eigenvalue weighted by Crippen LogP contribution is 2.37. The van der Waals surface area contributed by atoms with Gasteiger partial charge in [0.05, 0.1) is 13.0 Å².